The molecule has 1 aromatic heterocycles. The van der Waals surface area contributed by atoms with Gasteiger partial charge in [-0.15, -0.1) is 0 Å². The maximum atomic E-state index is 5.24. The second-order valence-corrected chi connectivity index (χ2v) is 7.61. The highest BCUT2D eigenvalue weighted by atomic mass is 16.5. The molecule has 0 radical (unpaired) electrons. The van der Waals surface area contributed by atoms with Crippen molar-refractivity contribution < 1.29 is 4.74 Å². The number of aryl methyl sites for hydroxylation is 1. The van der Waals surface area contributed by atoms with Gasteiger partial charge in [-0.2, -0.15) is 0 Å². The van der Waals surface area contributed by atoms with E-state index in [0.29, 0.717) is 0 Å². The molecule has 1 saturated heterocycles. The van der Waals surface area contributed by atoms with Gasteiger partial charge in [-0.25, -0.2) is 0 Å². The highest BCUT2D eigenvalue weighted by Gasteiger charge is 2.16. The Labute approximate surface area is 167 Å². The van der Waals surface area contributed by atoms with Gasteiger partial charge in [-0.1, -0.05) is 30.3 Å². The highest BCUT2D eigenvalue weighted by Crippen LogP contribution is 2.16. The van der Waals surface area contributed by atoms with Crippen molar-refractivity contribution in [1.82, 2.24) is 14.8 Å². The molecule has 146 valence electrons. The number of ether oxygens (including phenoxy) is 1. The predicted octanol–water partition coefficient (Wildman–Crippen LogP) is 3.99. The Balaban J connectivity index is 1.19. The van der Waals surface area contributed by atoms with Crippen molar-refractivity contribution in [2.45, 2.75) is 19.4 Å². The van der Waals surface area contributed by atoms with Crippen molar-refractivity contribution in [3.05, 3.63) is 71.9 Å². The number of fused-ring (bicyclic) bond motifs is 1. The van der Waals surface area contributed by atoms with Crippen LogP contribution in [-0.4, -0.2) is 54.6 Å². The van der Waals surface area contributed by atoms with Crippen LogP contribution in [0.4, 0.5) is 0 Å². The minimum Gasteiger partial charge on any atom is -0.497 e. The number of methoxy groups -OCH3 is 1. The van der Waals surface area contributed by atoms with E-state index in [9.17, 15) is 0 Å². The lowest BCUT2D eigenvalue weighted by Gasteiger charge is -2.34. The first-order valence-electron chi connectivity index (χ1n) is 10.2. The zero-order valence-corrected chi connectivity index (χ0v) is 16.7. The van der Waals surface area contributed by atoms with E-state index in [0.717, 1.165) is 50.4 Å². The van der Waals surface area contributed by atoms with E-state index in [1.165, 1.54) is 29.5 Å². The van der Waals surface area contributed by atoms with E-state index in [4.69, 9.17) is 4.74 Å². The Kier molecular flexibility index (Phi) is 6.20. The Morgan fingerprint density at radius 2 is 1.64 bits per heavy atom. The van der Waals surface area contributed by atoms with Gasteiger partial charge in [0.05, 0.1) is 12.6 Å². The van der Waals surface area contributed by atoms with Crippen molar-refractivity contribution in [3.63, 3.8) is 0 Å². The van der Waals surface area contributed by atoms with Gasteiger partial charge >= 0.3 is 0 Å². The summed E-state index contributed by atoms with van der Waals surface area (Å²) in [5.74, 6) is 0.926. The Morgan fingerprint density at radius 1 is 0.893 bits per heavy atom. The topological polar surface area (TPSA) is 28.6 Å². The molecule has 0 spiro atoms. The molecule has 0 amide bonds. The fourth-order valence-corrected chi connectivity index (χ4v) is 3.92. The third kappa shape index (κ3) is 4.89. The summed E-state index contributed by atoms with van der Waals surface area (Å²) in [6.45, 7) is 6.80. The summed E-state index contributed by atoms with van der Waals surface area (Å²) in [6.07, 6.45) is 4.33. The number of pyridine rings is 1. The molecule has 2 heterocycles. The fourth-order valence-electron chi connectivity index (χ4n) is 3.92. The van der Waals surface area contributed by atoms with Crippen LogP contribution in [0.25, 0.3) is 10.9 Å². The number of piperazine rings is 1. The number of para-hydroxylation sites is 1. The molecule has 0 atom stereocenters. The van der Waals surface area contributed by atoms with Crippen molar-refractivity contribution >= 4 is 10.9 Å². The lowest BCUT2D eigenvalue weighted by Crippen LogP contribution is -2.46. The van der Waals surface area contributed by atoms with Gasteiger partial charge in [0.2, 0.25) is 0 Å². The summed E-state index contributed by atoms with van der Waals surface area (Å²) in [6, 6.07) is 19.1. The van der Waals surface area contributed by atoms with Crippen LogP contribution in [0.15, 0.2) is 60.8 Å². The molecule has 0 saturated carbocycles. The summed E-state index contributed by atoms with van der Waals surface area (Å²) in [5.41, 5.74) is 3.79. The zero-order valence-electron chi connectivity index (χ0n) is 16.7. The standard InChI is InChI=1S/C24H29N3O/c1-28-23-10-8-20(9-11-23)19-27-15-13-26(14-16-27)12-4-5-21-17-22-6-2-3-7-24(22)25-18-21/h2-3,6-11,17-18H,4-5,12-16,19H2,1H3. The molecule has 3 aromatic rings. The molecule has 0 unspecified atom stereocenters. The number of rotatable bonds is 7. The van der Waals surface area contributed by atoms with Crippen LogP contribution in [0.5, 0.6) is 5.75 Å². The molecule has 4 nitrogen and oxygen atoms in total. The monoisotopic (exact) mass is 375 g/mol. The SMILES string of the molecule is COc1ccc(CN2CCN(CCCc3cnc4ccccc4c3)CC2)cc1. The summed E-state index contributed by atoms with van der Waals surface area (Å²) in [4.78, 5) is 9.72. The maximum absolute atomic E-state index is 5.24. The van der Waals surface area contributed by atoms with Crippen LogP contribution in [0.3, 0.4) is 0 Å². The molecule has 4 heteroatoms. The minimum atomic E-state index is 0.926. The number of nitrogens with zero attached hydrogens (tertiary/aromatic N) is 3. The molecule has 28 heavy (non-hydrogen) atoms. The van der Waals surface area contributed by atoms with Crippen LogP contribution in [0.1, 0.15) is 17.5 Å². The van der Waals surface area contributed by atoms with Crippen LogP contribution in [0, 0.1) is 0 Å². The lowest BCUT2D eigenvalue weighted by molar-refractivity contribution is 0.126. The molecule has 1 fully saturated rings. The molecule has 2 aromatic carbocycles. The van der Waals surface area contributed by atoms with Gasteiger partial charge in [0.1, 0.15) is 5.75 Å². The normalized spacial score (nSPS) is 15.8. The second kappa shape index (κ2) is 9.18. The summed E-state index contributed by atoms with van der Waals surface area (Å²) >= 11 is 0. The molecular weight excluding hydrogens is 346 g/mol. The molecule has 0 aliphatic carbocycles. The van der Waals surface area contributed by atoms with Gasteiger partial charge in [-0.05, 0) is 54.8 Å². The van der Waals surface area contributed by atoms with Gasteiger partial charge < -0.3 is 9.64 Å². The summed E-state index contributed by atoms with van der Waals surface area (Å²) in [7, 11) is 1.71. The first-order valence-corrected chi connectivity index (χ1v) is 10.2. The molecule has 1 aliphatic rings. The molecule has 1 aliphatic heterocycles. The van der Waals surface area contributed by atoms with Gasteiger partial charge in [0.25, 0.3) is 0 Å². The lowest BCUT2D eigenvalue weighted by atomic mass is 10.1. The number of benzene rings is 2. The summed E-state index contributed by atoms with van der Waals surface area (Å²) in [5, 5.41) is 1.24. The maximum Gasteiger partial charge on any atom is 0.118 e. The fraction of sp³-hybridized carbons (Fsp3) is 0.375. The Hall–Kier alpha value is -2.43. The molecule has 0 bridgehead atoms. The number of hydrogen-bond donors (Lipinski definition) is 0. The van der Waals surface area contributed by atoms with Crippen LogP contribution >= 0.6 is 0 Å². The smallest absolute Gasteiger partial charge is 0.118 e. The molecule has 0 N–H and O–H groups in total. The van der Waals surface area contributed by atoms with Gasteiger partial charge in [0.15, 0.2) is 0 Å². The largest absolute Gasteiger partial charge is 0.497 e. The van der Waals surface area contributed by atoms with E-state index in [1.54, 1.807) is 7.11 Å². The van der Waals surface area contributed by atoms with E-state index in [1.807, 2.05) is 24.4 Å². The zero-order chi connectivity index (χ0) is 19.2. The third-order valence-electron chi connectivity index (χ3n) is 5.62. The molecule has 4 rings (SSSR count). The van der Waals surface area contributed by atoms with E-state index in [2.05, 4.69) is 51.2 Å². The number of aromatic nitrogens is 1. The van der Waals surface area contributed by atoms with Crippen molar-refractivity contribution in [1.29, 1.82) is 0 Å². The van der Waals surface area contributed by atoms with Crippen molar-refractivity contribution in [3.8, 4) is 5.75 Å². The van der Waals surface area contributed by atoms with Crippen molar-refractivity contribution in [2.24, 2.45) is 0 Å². The summed E-state index contributed by atoms with van der Waals surface area (Å²) < 4.78 is 5.24. The molecular formula is C24H29N3O. The Morgan fingerprint density at radius 3 is 2.43 bits per heavy atom. The Bertz CT molecular complexity index is 886. The average molecular weight is 376 g/mol. The quantitative estimate of drug-likeness (QED) is 0.624. The average Bonchev–Trinajstić information content (AvgIpc) is 2.75. The minimum absolute atomic E-state index is 0.926. The van der Waals surface area contributed by atoms with Crippen LogP contribution in [-0.2, 0) is 13.0 Å². The third-order valence-corrected chi connectivity index (χ3v) is 5.62. The second-order valence-electron chi connectivity index (χ2n) is 7.61. The van der Waals surface area contributed by atoms with Crippen LogP contribution < -0.4 is 4.74 Å². The van der Waals surface area contributed by atoms with E-state index < -0.39 is 0 Å². The van der Waals surface area contributed by atoms with Crippen LogP contribution in [0.2, 0.25) is 0 Å². The van der Waals surface area contributed by atoms with Gasteiger partial charge in [-0.3, -0.25) is 9.88 Å². The van der Waals surface area contributed by atoms with Gasteiger partial charge in [0, 0.05) is 44.3 Å². The van der Waals surface area contributed by atoms with E-state index in [-0.39, 0.29) is 0 Å². The van der Waals surface area contributed by atoms with Crippen molar-refractivity contribution in [2.75, 3.05) is 39.8 Å². The predicted molar refractivity (Wildman–Crippen MR) is 115 cm³/mol. The number of hydrogen-bond acceptors (Lipinski definition) is 4. The first kappa shape index (κ1) is 18.9. The van der Waals surface area contributed by atoms with E-state index >= 15 is 0 Å². The first-order chi connectivity index (χ1) is 13.8. The highest BCUT2D eigenvalue weighted by molar-refractivity contribution is 5.78.